The normalized spacial score (nSPS) is 16.9. The molecule has 0 unspecified atom stereocenters. The first kappa shape index (κ1) is 24.2. The van der Waals surface area contributed by atoms with Gasteiger partial charge in [0.2, 0.25) is 5.91 Å². The van der Waals surface area contributed by atoms with Crippen molar-refractivity contribution in [3.05, 3.63) is 87.6 Å². The molecule has 0 bridgehead atoms. The molecule has 1 amide bonds. The summed E-state index contributed by atoms with van der Waals surface area (Å²) in [5.74, 6) is 2.25. The first-order valence-electron chi connectivity index (χ1n) is 12.8. The summed E-state index contributed by atoms with van der Waals surface area (Å²) < 4.78 is 17.0. The Morgan fingerprint density at radius 1 is 1.03 bits per heavy atom. The Labute approximate surface area is 234 Å². The zero-order chi connectivity index (χ0) is 26.7. The van der Waals surface area contributed by atoms with Gasteiger partial charge in [-0.3, -0.25) is 14.5 Å². The summed E-state index contributed by atoms with van der Waals surface area (Å²) >= 11 is 13.0. The maximum absolute atomic E-state index is 13.6. The number of carbonyl (C=O) groups excluding carboxylic acids is 2. The molecule has 0 N–H and O–H groups in total. The predicted molar refractivity (Wildman–Crippen MR) is 146 cm³/mol. The number of hydrogen-bond donors (Lipinski definition) is 0. The van der Waals surface area contributed by atoms with E-state index in [1.807, 2.05) is 18.2 Å². The topological polar surface area (TPSA) is 81.9 Å². The molecule has 2 fully saturated rings. The third-order valence-electron chi connectivity index (χ3n) is 7.72. The molecule has 196 valence electrons. The summed E-state index contributed by atoms with van der Waals surface area (Å²) in [6.07, 6.45) is 3.66. The second-order valence-corrected chi connectivity index (χ2v) is 11.0. The quantitative estimate of drug-likeness (QED) is 0.209. The third kappa shape index (κ3) is 3.99. The van der Waals surface area contributed by atoms with Gasteiger partial charge in [0.05, 0.1) is 26.7 Å². The van der Waals surface area contributed by atoms with Crippen molar-refractivity contribution in [1.82, 2.24) is 5.16 Å². The second kappa shape index (κ2) is 9.14. The van der Waals surface area contributed by atoms with Gasteiger partial charge in [-0.05, 0) is 85.8 Å². The van der Waals surface area contributed by atoms with Crippen LogP contribution in [-0.4, -0.2) is 17.5 Å². The van der Waals surface area contributed by atoms with Crippen LogP contribution < -0.4 is 14.4 Å². The van der Waals surface area contributed by atoms with Crippen molar-refractivity contribution in [3.63, 3.8) is 0 Å². The minimum atomic E-state index is -0.528. The first-order valence-corrected chi connectivity index (χ1v) is 13.5. The fourth-order valence-electron chi connectivity index (χ4n) is 5.42. The second-order valence-electron chi connectivity index (χ2n) is 10.1. The van der Waals surface area contributed by atoms with E-state index in [1.54, 1.807) is 47.4 Å². The molecule has 39 heavy (non-hydrogen) atoms. The molecule has 2 aliphatic carbocycles. The minimum Gasteiger partial charge on any atom is -0.489 e. The van der Waals surface area contributed by atoms with Gasteiger partial charge in [-0.2, -0.15) is 0 Å². The molecule has 3 aromatic carbocycles. The van der Waals surface area contributed by atoms with E-state index >= 15 is 0 Å². The lowest BCUT2D eigenvalue weighted by Gasteiger charge is -2.18. The number of benzene rings is 3. The van der Waals surface area contributed by atoms with Crippen LogP contribution in [0.2, 0.25) is 10.0 Å². The lowest BCUT2D eigenvalue weighted by atomic mass is 9.98. The van der Waals surface area contributed by atoms with Gasteiger partial charge < -0.3 is 14.0 Å². The van der Waals surface area contributed by atoms with Crippen LogP contribution in [0.5, 0.6) is 11.5 Å². The zero-order valence-electron chi connectivity index (χ0n) is 20.7. The third-order valence-corrected chi connectivity index (χ3v) is 8.35. The molecular formula is C30H22Cl2N2O5. The average Bonchev–Trinajstić information content (AvgIpc) is 3.86. The Hall–Kier alpha value is -3.81. The Morgan fingerprint density at radius 3 is 2.41 bits per heavy atom. The van der Waals surface area contributed by atoms with Crippen LogP contribution in [0.4, 0.5) is 11.4 Å². The fraction of sp³-hybridized carbons (Fsp3) is 0.233. The zero-order valence-corrected chi connectivity index (χ0v) is 22.2. The number of nitrogens with zero attached hydrogens (tertiary/aromatic N) is 2. The SMILES string of the molecule is O=COc1ccc(N2C(=O)C3(CC3)c3cc(OCc4c(-c5c(Cl)cccc5Cl)noc4C4CC4)ccc32)cc1. The molecule has 4 aromatic rings. The maximum Gasteiger partial charge on any atom is 0.298 e. The number of aromatic nitrogens is 1. The standard InChI is InChI=1S/C30H22Cl2N2O5/c31-23-2-1-3-24(32)26(23)27-21(28(39-33-27)17-4-5-17)15-37-20-10-11-25-22(14-20)30(12-13-30)29(36)34(25)18-6-8-19(9-7-18)38-16-35/h1-3,6-11,14,16-17H,4-5,12-13,15H2. The number of halogens is 2. The molecule has 2 saturated carbocycles. The summed E-state index contributed by atoms with van der Waals surface area (Å²) in [6.45, 7) is 0.610. The Balaban J connectivity index is 1.20. The van der Waals surface area contributed by atoms with Gasteiger partial charge in [0, 0.05) is 17.2 Å². The van der Waals surface area contributed by atoms with E-state index in [9.17, 15) is 9.59 Å². The minimum absolute atomic E-state index is 0.0457. The van der Waals surface area contributed by atoms with Crippen molar-refractivity contribution in [2.24, 2.45) is 0 Å². The van der Waals surface area contributed by atoms with E-state index in [4.69, 9.17) is 37.2 Å². The molecule has 0 atom stereocenters. The smallest absolute Gasteiger partial charge is 0.298 e. The highest BCUT2D eigenvalue weighted by Gasteiger charge is 2.59. The molecule has 2 heterocycles. The number of fused-ring (bicyclic) bond motifs is 2. The largest absolute Gasteiger partial charge is 0.489 e. The molecule has 3 aliphatic rings. The number of anilines is 2. The summed E-state index contributed by atoms with van der Waals surface area (Å²) in [4.78, 5) is 25.9. The fourth-order valence-corrected chi connectivity index (χ4v) is 6.00. The van der Waals surface area contributed by atoms with Crippen LogP contribution in [0.3, 0.4) is 0 Å². The van der Waals surface area contributed by atoms with Gasteiger partial charge in [0.1, 0.15) is 29.6 Å². The van der Waals surface area contributed by atoms with Crippen LogP contribution in [-0.2, 0) is 21.6 Å². The number of hydrogen-bond acceptors (Lipinski definition) is 6. The monoisotopic (exact) mass is 560 g/mol. The summed E-state index contributed by atoms with van der Waals surface area (Å²) in [5, 5.41) is 5.33. The Morgan fingerprint density at radius 2 is 1.74 bits per heavy atom. The summed E-state index contributed by atoms with van der Waals surface area (Å²) in [6, 6.07) is 18.0. The first-order chi connectivity index (χ1) is 19.0. The van der Waals surface area contributed by atoms with E-state index in [1.165, 1.54) is 0 Å². The van der Waals surface area contributed by atoms with Crippen molar-refractivity contribution >= 4 is 47.0 Å². The van der Waals surface area contributed by atoms with Crippen LogP contribution in [0.1, 0.15) is 48.5 Å². The molecule has 1 aromatic heterocycles. The molecule has 7 nitrogen and oxygen atoms in total. The molecular weight excluding hydrogens is 539 g/mol. The van der Waals surface area contributed by atoms with Gasteiger partial charge in [0.15, 0.2) is 0 Å². The highest BCUT2D eigenvalue weighted by molar-refractivity contribution is 6.39. The summed E-state index contributed by atoms with van der Waals surface area (Å²) in [7, 11) is 0. The van der Waals surface area contributed by atoms with Crippen molar-refractivity contribution in [2.45, 2.75) is 43.6 Å². The number of rotatable bonds is 8. The Kier molecular flexibility index (Phi) is 5.68. The molecule has 7 rings (SSSR count). The van der Waals surface area contributed by atoms with Gasteiger partial charge in [-0.15, -0.1) is 0 Å². The van der Waals surface area contributed by atoms with Crippen LogP contribution in [0.15, 0.2) is 65.2 Å². The van der Waals surface area contributed by atoms with Crippen molar-refractivity contribution in [3.8, 4) is 22.8 Å². The summed E-state index contributed by atoms with van der Waals surface area (Å²) in [5.41, 5.74) is 4.05. The Bertz CT molecular complexity index is 1600. The molecule has 1 aliphatic heterocycles. The molecule has 9 heteroatoms. The van der Waals surface area contributed by atoms with Gasteiger partial charge >= 0.3 is 0 Å². The highest BCUT2D eigenvalue weighted by Crippen LogP contribution is 2.59. The van der Waals surface area contributed by atoms with Crippen LogP contribution >= 0.6 is 23.2 Å². The molecule has 1 spiro atoms. The van der Waals surface area contributed by atoms with Crippen LogP contribution in [0.25, 0.3) is 11.3 Å². The van der Waals surface area contributed by atoms with E-state index in [0.29, 0.717) is 45.2 Å². The molecule has 0 radical (unpaired) electrons. The highest BCUT2D eigenvalue weighted by atomic mass is 35.5. The lowest BCUT2D eigenvalue weighted by molar-refractivity contribution is -0.121. The van der Waals surface area contributed by atoms with Gasteiger partial charge in [-0.25, -0.2) is 0 Å². The number of amides is 1. The van der Waals surface area contributed by atoms with E-state index in [0.717, 1.165) is 53.9 Å². The van der Waals surface area contributed by atoms with E-state index in [-0.39, 0.29) is 12.5 Å². The van der Waals surface area contributed by atoms with Crippen molar-refractivity contribution < 1.29 is 23.6 Å². The average molecular weight is 561 g/mol. The van der Waals surface area contributed by atoms with Crippen LogP contribution in [0, 0.1) is 0 Å². The number of carbonyl (C=O) groups is 2. The molecule has 0 saturated heterocycles. The lowest BCUT2D eigenvalue weighted by Crippen LogP contribution is -2.27. The van der Waals surface area contributed by atoms with Gasteiger partial charge in [-0.1, -0.05) is 34.4 Å². The van der Waals surface area contributed by atoms with Gasteiger partial charge in [0.25, 0.3) is 6.47 Å². The predicted octanol–water partition coefficient (Wildman–Crippen LogP) is 7.35. The van der Waals surface area contributed by atoms with Crippen molar-refractivity contribution in [1.29, 1.82) is 0 Å². The van der Waals surface area contributed by atoms with E-state index < -0.39 is 5.41 Å². The maximum atomic E-state index is 13.6. The number of ether oxygens (including phenoxy) is 2. The van der Waals surface area contributed by atoms with E-state index in [2.05, 4.69) is 5.16 Å². The van der Waals surface area contributed by atoms with Crippen molar-refractivity contribution in [2.75, 3.05) is 4.90 Å².